The van der Waals surface area contributed by atoms with Gasteiger partial charge in [0, 0.05) is 38.8 Å². The molecule has 0 atom stereocenters. The summed E-state index contributed by atoms with van der Waals surface area (Å²) in [7, 11) is 0. The highest BCUT2D eigenvalue weighted by Crippen LogP contribution is 2.35. The first-order valence-electron chi connectivity index (χ1n) is 17.9. The molecule has 0 aliphatic carbocycles. The van der Waals surface area contributed by atoms with Crippen LogP contribution in [0.2, 0.25) is 0 Å². The lowest BCUT2D eigenvalue weighted by Crippen LogP contribution is -2.00. The van der Waals surface area contributed by atoms with Gasteiger partial charge in [-0.05, 0) is 83.1 Å². The highest BCUT2D eigenvalue weighted by molar-refractivity contribution is 6.09. The van der Waals surface area contributed by atoms with Crippen LogP contribution < -0.4 is 0 Å². The Hall–Kier alpha value is -6.38. The van der Waals surface area contributed by atoms with Gasteiger partial charge in [-0.1, -0.05) is 153 Å². The van der Waals surface area contributed by atoms with Crippen LogP contribution in [0.25, 0.3) is 72.4 Å². The summed E-state index contributed by atoms with van der Waals surface area (Å²) in [5.41, 5.74) is 14.9. The normalized spacial score (nSPS) is 11.7. The monoisotopic (exact) mass is 654 g/mol. The number of rotatable bonds is 8. The van der Waals surface area contributed by atoms with Gasteiger partial charge in [0.05, 0.1) is 16.6 Å². The third-order valence-corrected chi connectivity index (χ3v) is 10.2. The smallest absolute Gasteiger partial charge is 0.0543 e. The van der Waals surface area contributed by atoms with Crippen molar-refractivity contribution in [3.63, 3.8) is 0 Å². The largest absolute Gasteiger partial charge is 0.313 e. The fourth-order valence-electron chi connectivity index (χ4n) is 7.75. The van der Waals surface area contributed by atoms with Crippen molar-refractivity contribution in [1.82, 2.24) is 9.13 Å². The number of nitrogens with zero attached hydrogens (tertiary/aromatic N) is 2. The Balaban J connectivity index is 1.07. The predicted molar refractivity (Wildman–Crippen MR) is 217 cm³/mol. The summed E-state index contributed by atoms with van der Waals surface area (Å²) in [4.78, 5) is 0. The van der Waals surface area contributed by atoms with Crippen LogP contribution in [0.15, 0.2) is 182 Å². The van der Waals surface area contributed by atoms with Crippen molar-refractivity contribution in [1.29, 1.82) is 0 Å². The van der Waals surface area contributed by atoms with Crippen LogP contribution in [0.4, 0.5) is 0 Å². The first-order valence-corrected chi connectivity index (χ1v) is 17.9. The first kappa shape index (κ1) is 30.7. The van der Waals surface area contributed by atoms with Gasteiger partial charge in [-0.3, -0.25) is 0 Å². The molecule has 244 valence electrons. The Morgan fingerprint density at radius 2 is 0.922 bits per heavy atom. The van der Waals surface area contributed by atoms with E-state index >= 15 is 0 Å². The molecule has 2 nitrogen and oxygen atoms in total. The maximum atomic E-state index is 2.44. The van der Waals surface area contributed by atoms with Crippen molar-refractivity contribution in [3.05, 3.63) is 199 Å². The van der Waals surface area contributed by atoms with Crippen LogP contribution in [0.1, 0.15) is 23.7 Å². The second kappa shape index (κ2) is 13.2. The molecule has 0 aliphatic rings. The number of aromatic nitrogens is 2. The number of para-hydroxylation sites is 2. The van der Waals surface area contributed by atoms with Crippen molar-refractivity contribution in [3.8, 4) is 33.6 Å². The number of benzene rings is 7. The van der Waals surface area contributed by atoms with Crippen molar-refractivity contribution in [2.45, 2.75) is 19.8 Å². The molecule has 9 aromatic rings. The second-order valence-electron chi connectivity index (χ2n) is 13.2. The van der Waals surface area contributed by atoms with Crippen LogP contribution in [0.5, 0.6) is 0 Å². The van der Waals surface area contributed by atoms with E-state index in [0.29, 0.717) is 0 Å². The fraction of sp³-hybridized carbons (Fsp3) is 0.0612. The van der Waals surface area contributed by atoms with Crippen LogP contribution in [-0.4, -0.2) is 9.13 Å². The van der Waals surface area contributed by atoms with Gasteiger partial charge >= 0.3 is 0 Å². The third-order valence-electron chi connectivity index (χ3n) is 10.2. The molecule has 0 saturated carbocycles. The van der Waals surface area contributed by atoms with Crippen LogP contribution in [-0.2, 0) is 12.8 Å². The van der Waals surface area contributed by atoms with Crippen molar-refractivity contribution >= 4 is 38.8 Å². The highest BCUT2D eigenvalue weighted by Gasteiger charge is 2.16. The summed E-state index contributed by atoms with van der Waals surface area (Å²) >= 11 is 0. The SMILES string of the molecule is CCc1c(/C=C\Cc2ccc3c4ccccc4n(-c4ccc(-c5ccccc5)cc4)c3c2)c2ccccc2n1-c1ccc(-c2ccccc2)cc1. The van der Waals surface area contributed by atoms with E-state index in [2.05, 4.69) is 204 Å². The number of fused-ring (bicyclic) bond motifs is 4. The lowest BCUT2D eigenvalue weighted by Gasteiger charge is -2.12. The highest BCUT2D eigenvalue weighted by atomic mass is 15.0. The molecular formula is C49H38N2. The maximum absolute atomic E-state index is 2.44. The van der Waals surface area contributed by atoms with Crippen molar-refractivity contribution < 1.29 is 0 Å². The van der Waals surface area contributed by atoms with Crippen LogP contribution in [0.3, 0.4) is 0 Å². The average Bonchev–Trinajstić information content (AvgIpc) is 3.71. The maximum Gasteiger partial charge on any atom is 0.0543 e. The van der Waals surface area contributed by atoms with Crippen molar-refractivity contribution in [2.24, 2.45) is 0 Å². The van der Waals surface area contributed by atoms with E-state index in [1.54, 1.807) is 0 Å². The second-order valence-corrected chi connectivity index (χ2v) is 13.2. The quantitative estimate of drug-likeness (QED) is 0.154. The summed E-state index contributed by atoms with van der Waals surface area (Å²) in [5, 5.41) is 3.84. The number of hydrogen-bond donors (Lipinski definition) is 0. The molecule has 2 aromatic heterocycles. The number of allylic oxidation sites excluding steroid dienone is 1. The molecule has 0 unspecified atom stereocenters. The van der Waals surface area contributed by atoms with Gasteiger partial charge in [0.2, 0.25) is 0 Å². The molecule has 0 amide bonds. The van der Waals surface area contributed by atoms with E-state index in [1.165, 1.54) is 83.2 Å². The Morgan fingerprint density at radius 1 is 0.431 bits per heavy atom. The molecular weight excluding hydrogens is 617 g/mol. The van der Waals surface area contributed by atoms with Gasteiger partial charge < -0.3 is 9.13 Å². The minimum absolute atomic E-state index is 0.846. The molecule has 9 rings (SSSR count). The molecule has 0 saturated heterocycles. The zero-order valence-corrected chi connectivity index (χ0v) is 28.7. The molecule has 0 bridgehead atoms. The van der Waals surface area contributed by atoms with Gasteiger partial charge in [0.25, 0.3) is 0 Å². The minimum atomic E-state index is 0.846. The number of hydrogen-bond acceptors (Lipinski definition) is 0. The summed E-state index contributed by atoms with van der Waals surface area (Å²) in [5.74, 6) is 0. The third kappa shape index (κ3) is 5.56. The van der Waals surface area contributed by atoms with Crippen LogP contribution >= 0.6 is 0 Å². The Labute approximate surface area is 299 Å². The average molecular weight is 655 g/mol. The minimum Gasteiger partial charge on any atom is -0.313 e. The summed E-state index contributed by atoms with van der Waals surface area (Å²) in [6, 6.07) is 63.7. The molecule has 2 heteroatoms. The molecule has 51 heavy (non-hydrogen) atoms. The summed E-state index contributed by atoms with van der Waals surface area (Å²) in [6.07, 6.45) is 6.47. The molecule has 0 radical (unpaired) electrons. The zero-order chi connectivity index (χ0) is 34.1. The van der Waals surface area contributed by atoms with E-state index in [-0.39, 0.29) is 0 Å². The summed E-state index contributed by atoms with van der Waals surface area (Å²) < 4.78 is 4.86. The van der Waals surface area contributed by atoms with E-state index < -0.39 is 0 Å². The fourth-order valence-corrected chi connectivity index (χ4v) is 7.75. The summed E-state index contributed by atoms with van der Waals surface area (Å²) in [6.45, 7) is 2.26. The molecule has 7 aromatic carbocycles. The van der Waals surface area contributed by atoms with E-state index in [1.807, 2.05) is 0 Å². The van der Waals surface area contributed by atoms with Gasteiger partial charge in [0.15, 0.2) is 0 Å². The lowest BCUT2D eigenvalue weighted by atomic mass is 10.0. The van der Waals surface area contributed by atoms with Gasteiger partial charge in [0.1, 0.15) is 0 Å². The predicted octanol–water partition coefficient (Wildman–Crippen LogP) is 12.9. The van der Waals surface area contributed by atoms with E-state index in [4.69, 9.17) is 0 Å². The Bertz CT molecular complexity index is 2660. The Morgan fingerprint density at radius 3 is 1.53 bits per heavy atom. The van der Waals surface area contributed by atoms with Gasteiger partial charge in [-0.25, -0.2) is 0 Å². The molecule has 0 fully saturated rings. The molecule has 0 spiro atoms. The standard InChI is InChI=1S/C49H38N2/c1-2-46-42(43-19-9-11-22-47(43)50(46)40-29-25-38(26-30-40)36-15-5-3-6-16-36)21-13-14-35-24-33-45-44-20-10-12-23-48(44)51(49(45)34-35)41-31-27-39(28-32-41)37-17-7-4-8-18-37/h3-13,15-34H,2,14H2,1H3/b21-13-. The van der Waals surface area contributed by atoms with E-state index in [0.717, 1.165) is 12.8 Å². The van der Waals surface area contributed by atoms with Crippen LogP contribution in [0, 0.1) is 0 Å². The van der Waals surface area contributed by atoms with Gasteiger partial charge in [-0.15, -0.1) is 0 Å². The molecule has 2 heterocycles. The van der Waals surface area contributed by atoms with Gasteiger partial charge in [-0.2, -0.15) is 0 Å². The Kier molecular flexibility index (Phi) is 7.91. The van der Waals surface area contributed by atoms with Crippen molar-refractivity contribution in [2.75, 3.05) is 0 Å². The molecule has 0 aliphatic heterocycles. The molecule has 0 N–H and O–H groups in total. The van der Waals surface area contributed by atoms with E-state index in [9.17, 15) is 0 Å². The zero-order valence-electron chi connectivity index (χ0n) is 28.7. The topological polar surface area (TPSA) is 9.86 Å². The first-order chi connectivity index (χ1) is 25.3. The lowest BCUT2D eigenvalue weighted by molar-refractivity contribution is 0.957.